The van der Waals surface area contributed by atoms with E-state index in [4.69, 9.17) is 26.8 Å². The molecular weight excluding hydrogens is 294 g/mol. The fourth-order valence-corrected chi connectivity index (χ4v) is 3.02. The van der Waals surface area contributed by atoms with Crippen LogP contribution in [0.2, 0.25) is 5.02 Å². The van der Waals surface area contributed by atoms with E-state index in [1.54, 1.807) is 32.0 Å². The smallest absolute Gasteiger partial charge is 0.123 e. The standard InChI is InChI=1S/C15H16ClNO2S/c1-18-12-4-6-14(19-2)10(7-12)9-20-15-8-11(17)3-5-13(15)16/h3-8H,9,17H2,1-2H3. The van der Waals surface area contributed by atoms with E-state index in [1.165, 1.54) is 0 Å². The van der Waals surface area contributed by atoms with Crippen LogP contribution in [-0.2, 0) is 5.75 Å². The van der Waals surface area contributed by atoms with Crippen LogP contribution in [0.4, 0.5) is 5.69 Å². The lowest BCUT2D eigenvalue weighted by Crippen LogP contribution is -1.93. The number of thioether (sulfide) groups is 1. The number of halogens is 1. The summed E-state index contributed by atoms with van der Waals surface area (Å²) in [6.07, 6.45) is 0. The first-order valence-electron chi connectivity index (χ1n) is 6.02. The third kappa shape index (κ3) is 3.52. The molecule has 0 aliphatic heterocycles. The van der Waals surface area contributed by atoms with Gasteiger partial charge in [0, 0.05) is 21.9 Å². The molecule has 0 bridgehead atoms. The van der Waals surface area contributed by atoms with E-state index in [0.29, 0.717) is 10.7 Å². The number of benzene rings is 2. The number of methoxy groups -OCH3 is 2. The summed E-state index contributed by atoms with van der Waals surface area (Å²) >= 11 is 7.78. The van der Waals surface area contributed by atoms with Crippen LogP contribution in [0.25, 0.3) is 0 Å². The van der Waals surface area contributed by atoms with Crippen LogP contribution < -0.4 is 15.2 Å². The first kappa shape index (κ1) is 14.9. The summed E-state index contributed by atoms with van der Waals surface area (Å²) in [5.41, 5.74) is 7.54. The molecule has 0 unspecified atom stereocenters. The molecule has 0 amide bonds. The molecule has 0 saturated heterocycles. The lowest BCUT2D eigenvalue weighted by atomic mass is 10.2. The molecule has 3 nitrogen and oxygen atoms in total. The SMILES string of the molecule is COc1ccc(OC)c(CSc2cc(N)ccc2Cl)c1. The van der Waals surface area contributed by atoms with Gasteiger partial charge < -0.3 is 15.2 Å². The maximum Gasteiger partial charge on any atom is 0.123 e. The first-order valence-corrected chi connectivity index (χ1v) is 7.39. The van der Waals surface area contributed by atoms with E-state index in [2.05, 4.69) is 0 Å². The molecular formula is C15H16ClNO2S. The number of ether oxygens (including phenoxy) is 2. The second-order valence-electron chi connectivity index (χ2n) is 4.16. The highest BCUT2D eigenvalue weighted by molar-refractivity contribution is 7.98. The van der Waals surface area contributed by atoms with Gasteiger partial charge >= 0.3 is 0 Å². The Morgan fingerprint density at radius 1 is 1.10 bits per heavy atom. The number of hydrogen-bond donors (Lipinski definition) is 1. The number of hydrogen-bond acceptors (Lipinski definition) is 4. The molecule has 2 N–H and O–H groups in total. The summed E-state index contributed by atoms with van der Waals surface area (Å²) in [5, 5.41) is 0.700. The average molecular weight is 310 g/mol. The van der Waals surface area contributed by atoms with Gasteiger partial charge in [0.25, 0.3) is 0 Å². The van der Waals surface area contributed by atoms with Crippen molar-refractivity contribution in [3.63, 3.8) is 0 Å². The van der Waals surface area contributed by atoms with E-state index in [1.807, 2.05) is 30.3 Å². The van der Waals surface area contributed by atoms with Crippen molar-refractivity contribution >= 4 is 29.1 Å². The Morgan fingerprint density at radius 3 is 2.60 bits per heavy atom. The molecule has 0 aliphatic carbocycles. The Labute approximate surface area is 128 Å². The van der Waals surface area contributed by atoms with E-state index in [0.717, 1.165) is 27.7 Å². The predicted octanol–water partition coefficient (Wildman–Crippen LogP) is 4.23. The minimum atomic E-state index is 0.700. The van der Waals surface area contributed by atoms with Gasteiger partial charge in [-0.1, -0.05) is 11.6 Å². The van der Waals surface area contributed by atoms with Gasteiger partial charge in [-0.25, -0.2) is 0 Å². The van der Waals surface area contributed by atoms with Gasteiger partial charge in [0.15, 0.2) is 0 Å². The zero-order valence-electron chi connectivity index (χ0n) is 11.4. The van der Waals surface area contributed by atoms with Crippen molar-refractivity contribution in [1.82, 2.24) is 0 Å². The summed E-state index contributed by atoms with van der Waals surface area (Å²) in [6.45, 7) is 0. The summed E-state index contributed by atoms with van der Waals surface area (Å²) in [4.78, 5) is 0.955. The molecule has 0 fully saturated rings. The number of anilines is 1. The molecule has 5 heteroatoms. The first-order chi connectivity index (χ1) is 9.63. The maximum absolute atomic E-state index is 6.16. The molecule has 0 atom stereocenters. The Bertz CT molecular complexity index is 604. The largest absolute Gasteiger partial charge is 0.497 e. The number of nitrogens with two attached hydrogens (primary N) is 1. The highest BCUT2D eigenvalue weighted by atomic mass is 35.5. The Hall–Kier alpha value is -1.52. The minimum Gasteiger partial charge on any atom is -0.497 e. The summed E-state index contributed by atoms with van der Waals surface area (Å²) in [5.74, 6) is 2.36. The lowest BCUT2D eigenvalue weighted by molar-refractivity contribution is 0.400. The lowest BCUT2D eigenvalue weighted by Gasteiger charge is -2.11. The van der Waals surface area contributed by atoms with Gasteiger partial charge in [0.1, 0.15) is 11.5 Å². The predicted molar refractivity (Wildman–Crippen MR) is 85.0 cm³/mol. The molecule has 2 rings (SSSR count). The van der Waals surface area contributed by atoms with E-state index < -0.39 is 0 Å². The van der Waals surface area contributed by atoms with E-state index in [9.17, 15) is 0 Å². The van der Waals surface area contributed by atoms with Gasteiger partial charge in [-0.2, -0.15) is 0 Å². The summed E-state index contributed by atoms with van der Waals surface area (Å²) in [7, 11) is 3.30. The molecule has 2 aromatic rings. The molecule has 20 heavy (non-hydrogen) atoms. The molecule has 2 aromatic carbocycles. The fraction of sp³-hybridized carbons (Fsp3) is 0.200. The third-order valence-corrected chi connectivity index (χ3v) is 4.37. The van der Waals surface area contributed by atoms with Gasteiger partial charge in [0.2, 0.25) is 0 Å². The number of rotatable bonds is 5. The normalized spacial score (nSPS) is 10.3. The second-order valence-corrected chi connectivity index (χ2v) is 5.58. The summed E-state index contributed by atoms with van der Waals surface area (Å²) < 4.78 is 10.6. The summed E-state index contributed by atoms with van der Waals surface area (Å²) in [6, 6.07) is 11.2. The van der Waals surface area contributed by atoms with Crippen molar-refractivity contribution in [2.24, 2.45) is 0 Å². The molecule has 0 aromatic heterocycles. The quantitative estimate of drug-likeness (QED) is 0.663. The van der Waals surface area contributed by atoms with E-state index >= 15 is 0 Å². The van der Waals surface area contributed by atoms with Crippen molar-refractivity contribution < 1.29 is 9.47 Å². The second kappa shape index (κ2) is 6.77. The van der Waals surface area contributed by atoms with Crippen LogP contribution >= 0.6 is 23.4 Å². The monoisotopic (exact) mass is 309 g/mol. The van der Waals surface area contributed by atoms with Gasteiger partial charge in [-0.3, -0.25) is 0 Å². The molecule has 0 saturated carbocycles. The zero-order chi connectivity index (χ0) is 14.5. The van der Waals surface area contributed by atoms with Crippen molar-refractivity contribution in [2.75, 3.05) is 20.0 Å². The van der Waals surface area contributed by atoms with Gasteiger partial charge in [-0.15, -0.1) is 11.8 Å². The Morgan fingerprint density at radius 2 is 1.90 bits per heavy atom. The third-order valence-electron chi connectivity index (χ3n) is 2.83. The van der Waals surface area contributed by atoms with Crippen LogP contribution in [0.1, 0.15) is 5.56 Å². The molecule has 0 heterocycles. The zero-order valence-corrected chi connectivity index (χ0v) is 12.9. The van der Waals surface area contributed by atoms with Crippen molar-refractivity contribution in [1.29, 1.82) is 0 Å². The van der Waals surface area contributed by atoms with E-state index in [-0.39, 0.29) is 0 Å². The highest BCUT2D eigenvalue weighted by Crippen LogP contribution is 2.34. The maximum atomic E-state index is 6.16. The van der Waals surface area contributed by atoms with Crippen LogP contribution in [0.5, 0.6) is 11.5 Å². The average Bonchev–Trinajstić information content (AvgIpc) is 2.47. The number of nitrogen functional groups attached to an aromatic ring is 1. The van der Waals surface area contributed by atoms with Gasteiger partial charge in [0.05, 0.1) is 19.2 Å². The van der Waals surface area contributed by atoms with Crippen molar-refractivity contribution in [3.05, 3.63) is 47.0 Å². The molecule has 0 radical (unpaired) electrons. The topological polar surface area (TPSA) is 44.5 Å². The van der Waals surface area contributed by atoms with Crippen molar-refractivity contribution in [2.45, 2.75) is 10.6 Å². The minimum absolute atomic E-state index is 0.700. The molecule has 106 valence electrons. The van der Waals surface area contributed by atoms with Crippen molar-refractivity contribution in [3.8, 4) is 11.5 Å². The molecule has 0 spiro atoms. The van der Waals surface area contributed by atoms with Crippen LogP contribution in [0.3, 0.4) is 0 Å². The fourth-order valence-electron chi connectivity index (χ4n) is 1.78. The van der Waals surface area contributed by atoms with Gasteiger partial charge in [-0.05, 0) is 36.4 Å². The Balaban J connectivity index is 2.19. The van der Waals surface area contributed by atoms with Crippen LogP contribution in [0.15, 0.2) is 41.3 Å². The van der Waals surface area contributed by atoms with Crippen LogP contribution in [0, 0.1) is 0 Å². The Kier molecular flexibility index (Phi) is 5.04. The van der Waals surface area contributed by atoms with Crippen LogP contribution in [-0.4, -0.2) is 14.2 Å². The molecule has 0 aliphatic rings. The highest BCUT2D eigenvalue weighted by Gasteiger charge is 2.08.